The van der Waals surface area contributed by atoms with E-state index in [1.165, 1.54) is 12.8 Å². The second-order valence-electron chi connectivity index (χ2n) is 9.58. The van der Waals surface area contributed by atoms with Crippen molar-refractivity contribution < 1.29 is 5.11 Å². The molecule has 4 aliphatic heterocycles. The maximum absolute atomic E-state index is 10.6. The summed E-state index contributed by atoms with van der Waals surface area (Å²) in [6.07, 6.45) is 9.77. The van der Waals surface area contributed by atoms with Crippen LogP contribution in [0.15, 0.2) is 18.5 Å². The fourth-order valence-corrected chi connectivity index (χ4v) is 5.91. The summed E-state index contributed by atoms with van der Waals surface area (Å²) < 4.78 is 0. The number of fused-ring (bicyclic) bond motifs is 3. The summed E-state index contributed by atoms with van der Waals surface area (Å²) in [5.74, 6) is 2.83. The third kappa shape index (κ3) is 2.84. The van der Waals surface area contributed by atoms with E-state index in [1.54, 1.807) is 12.4 Å². The summed E-state index contributed by atoms with van der Waals surface area (Å²) in [7, 11) is 0. The first-order valence-corrected chi connectivity index (χ1v) is 10.7. The highest BCUT2D eigenvalue weighted by molar-refractivity contribution is 5.65. The van der Waals surface area contributed by atoms with Crippen molar-refractivity contribution >= 4 is 17.7 Å². The van der Waals surface area contributed by atoms with Crippen molar-refractivity contribution in [3.63, 3.8) is 0 Å². The van der Waals surface area contributed by atoms with Gasteiger partial charge in [0.1, 0.15) is 5.82 Å². The predicted molar refractivity (Wildman–Crippen MR) is 110 cm³/mol. The highest BCUT2D eigenvalue weighted by Crippen LogP contribution is 2.45. The fraction of sp³-hybridized carbons (Fsp3) is 0.619. The van der Waals surface area contributed by atoms with Crippen molar-refractivity contribution in [1.82, 2.24) is 19.9 Å². The molecule has 0 radical (unpaired) electrons. The van der Waals surface area contributed by atoms with E-state index in [-0.39, 0.29) is 5.95 Å². The van der Waals surface area contributed by atoms with Gasteiger partial charge in [-0.25, -0.2) is 15.0 Å². The molecule has 4 saturated heterocycles. The SMILES string of the molecule is CC1(O)CC2CCC(C1)N2c1cc(-c2cnc(N)nc2)nc(N2CC3CC2C3)n1. The van der Waals surface area contributed by atoms with Crippen molar-refractivity contribution in [2.75, 3.05) is 22.1 Å². The minimum Gasteiger partial charge on any atom is -0.390 e. The Kier molecular flexibility index (Phi) is 3.60. The Morgan fingerprint density at radius 1 is 1.07 bits per heavy atom. The van der Waals surface area contributed by atoms with Gasteiger partial charge in [0, 0.05) is 48.7 Å². The Morgan fingerprint density at radius 3 is 2.38 bits per heavy atom. The Balaban J connectivity index is 1.42. The van der Waals surface area contributed by atoms with Gasteiger partial charge >= 0.3 is 0 Å². The van der Waals surface area contributed by atoms with Crippen LogP contribution in [0.5, 0.6) is 0 Å². The number of hydrogen-bond acceptors (Lipinski definition) is 8. The van der Waals surface area contributed by atoms with Gasteiger partial charge in [-0.2, -0.15) is 4.98 Å². The Morgan fingerprint density at radius 2 is 1.76 bits per heavy atom. The summed E-state index contributed by atoms with van der Waals surface area (Å²) in [6.45, 7) is 3.02. The first kappa shape index (κ1) is 17.4. The number of hydrogen-bond donors (Lipinski definition) is 2. The number of nitrogens with zero attached hydrogens (tertiary/aromatic N) is 6. The van der Waals surface area contributed by atoms with Crippen LogP contribution in [0, 0.1) is 5.92 Å². The molecule has 7 rings (SSSR count). The molecule has 2 aromatic heterocycles. The first-order chi connectivity index (χ1) is 13.9. The van der Waals surface area contributed by atoms with Crippen molar-refractivity contribution in [2.45, 2.75) is 69.2 Å². The minimum absolute atomic E-state index is 0.264. The van der Waals surface area contributed by atoms with E-state index in [1.807, 2.05) is 6.92 Å². The van der Waals surface area contributed by atoms with Crippen molar-refractivity contribution in [2.24, 2.45) is 5.92 Å². The van der Waals surface area contributed by atoms with Gasteiger partial charge in [-0.15, -0.1) is 0 Å². The molecule has 29 heavy (non-hydrogen) atoms. The van der Waals surface area contributed by atoms with Gasteiger partial charge in [-0.1, -0.05) is 0 Å². The van der Waals surface area contributed by atoms with Gasteiger partial charge in [0.15, 0.2) is 0 Å². The molecule has 0 spiro atoms. The van der Waals surface area contributed by atoms with E-state index in [0.717, 1.165) is 61.2 Å². The molecule has 0 aromatic carbocycles. The third-order valence-electron chi connectivity index (χ3n) is 7.27. The summed E-state index contributed by atoms with van der Waals surface area (Å²) in [6, 6.07) is 3.29. The standard InChI is InChI=1S/C21H27N7O/c1-21(29)7-14-2-3-15(8-21)28(14)18-6-17(13-9-23-19(22)24-10-13)25-20(26-18)27-11-12-4-16(27)5-12/h6,9-10,12,14-16,29H,2-5,7-8,11H2,1H3,(H2,22,23,24). The molecule has 2 unspecified atom stereocenters. The van der Waals surface area contributed by atoms with E-state index in [2.05, 4.69) is 25.8 Å². The van der Waals surface area contributed by atoms with Crippen molar-refractivity contribution in [3.05, 3.63) is 18.5 Å². The van der Waals surface area contributed by atoms with E-state index < -0.39 is 5.60 Å². The normalized spacial score (nSPS) is 35.1. The first-order valence-electron chi connectivity index (χ1n) is 10.7. The lowest BCUT2D eigenvalue weighted by atomic mass is 9.86. The van der Waals surface area contributed by atoms with Crippen LogP contribution < -0.4 is 15.5 Å². The fourth-order valence-electron chi connectivity index (χ4n) is 5.91. The molecular formula is C21H27N7O. The van der Waals surface area contributed by atoms with Crippen LogP contribution in [0.4, 0.5) is 17.7 Å². The van der Waals surface area contributed by atoms with E-state index in [9.17, 15) is 5.11 Å². The molecule has 2 atom stereocenters. The van der Waals surface area contributed by atoms with Crippen LogP contribution in [-0.2, 0) is 0 Å². The number of aromatic nitrogens is 4. The van der Waals surface area contributed by atoms with Crippen molar-refractivity contribution in [1.29, 1.82) is 0 Å². The van der Waals surface area contributed by atoms with Crippen LogP contribution in [0.2, 0.25) is 0 Å². The van der Waals surface area contributed by atoms with Gasteiger partial charge in [0.2, 0.25) is 11.9 Å². The number of aliphatic hydroxyl groups is 1. The van der Waals surface area contributed by atoms with Gasteiger partial charge in [0.25, 0.3) is 0 Å². The van der Waals surface area contributed by atoms with E-state index in [4.69, 9.17) is 15.7 Å². The Labute approximate surface area is 170 Å². The molecule has 5 aliphatic rings. The highest BCUT2D eigenvalue weighted by Gasteiger charge is 2.47. The average molecular weight is 393 g/mol. The summed E-state index contributed by atoms with van der Waals surface area (Å²) in [5.41, 5.74) is 6.79. The molecule has 6 heterocycles. The van der Waals surface area contributed by atoms with Crippen LogP contribution in [-0.4, -0.2) is 55.3 Å². The van der Waals surface area contributed by atoms with Crippen LogP contribution in [0.1, 0.15) is 45.4 Å². The number of rotatable bonds is 3. The van der Waals surface area contributed by atoms with E-state index in [0.29, 0.717) is 18.1 Å². The van der Waals surface area contributed by atoms with Gasteiger partial charge in [0.05, 0.1) is 11.3 Å². The maximum atomic E-state index is 10.6. The second-order valence-corrected chi connectivity index (χ2v) is 9.58. The molecule has 8 nitrogen and oxygen atoms in total. The topological polar surface area (TPSA) is 104 Å². The van der Waals surface area contributed by atoms with Crippen LogP contribution in [0.3, 0.4) is 0 Å². The number of anilines is 3. The Hall–Kier alpha value is -2.48. The van der Waals surface area contributed by atoms with Crippen LogP contribution in [0.25, 0.3) is 11.3 Å². The quantitative estimate of drug-likeness (QED) is 0.816. The predicted octanol–water partition coefficient (Wildman–Crippen LogP) is 2.00. The molecule has 5 fully saturated rings. The van der Waals surface area contributed by atoms with Crippen LogP contribution >= 0.6 is 0 Å². The van der Waals surface area contributed by atoms with Gasteiger partial charge in [-0.3, -0.25) is 0 Å². The zero-order valence-corrected chi connectivity index (χ0v) is 16.7. The molecule has 3 N–H and O–H groups in total. The molecular weight excluding hydrogens is 366 g/mol. The number of piperidine rings is 1. The minimum atomic E-state index is -0.581. The van der Waals surface area contributed by atoms with Gasteiger partial charge < -0.3 is 20.6 Å². The smallest absolute Gasteiger partial charge is 0.228 e. The lowest BCUT2D eigenvalue weighted by Gasteiger charge is -2.43. The number of nitrogens with two attached hydrogens (primary N) is 1. The lowest BCUT2D eigenvalue weighted by Crippen LogP contribution is -2.50. The maximum Gasteiger partial charge on any atom is 0.228 e. The van der Waals surface area contributed by atoms with Gasteiger partial charge in [-0.05, 0) is 51.4 Å². The van der Waals surface area contributed by atoms with Crippen molar-refractivity contribution in [3.8, 4) is 11.3 Å². The molecule has 0 amide bonds. The molecule has 4 bridgehead atoms. The second kappa shape index (κ2) is 6.01. The lowest BCUT2D eigenvalue weighted by molar-refractivity contribution is 0.0198. The monoisotopic (exact) mass is 393 g/mol. The summed E-state index contributed by atoms with van der Waals surface area (Å²) in [5, 5.41) is 10.6. The molecule has 2 aromatic rings. The summed E-state index contributed by atoms with van der Waals surface area (Å²) >= 11 is 0. The molecule has 152 valence electrons. The zero-order chi connectivity index (χ0) is 19.8. The molecule has 1 aliphatic carbocycles. The number of nitrogen functional groups attached to an aromatic ring is 1. The highest BCUT2D eigenvalue weighted by atomic mass is 16.3. The largest absolute Gasteiger partial charge is 0.390 e. The molecule has 1 saturated carbocycles. The Bertz CT molecular complexity index is 925. The third-order valence-corrected chi connectivity index (χ3v) is 7.27. The molecule has 8 heteroatoms. The van der Waals surface area contributed by atoms with E-state index >= 15 is 0 Å². The zero-order valence-electron chi connectivity index (χ0n) is 16.7. The summed E-state index contributed by atoms with van der Waals surface area (Å²) in [4.78, 5) is 23.1. The average Bonchev–Trinajstić information content (AvgIpc) is 3.33.